The Morgan fingerprint density at radius 3 is 2.77 bits per heavy atom. The summed E-state index contributed by atoms with van der Waals surface area (Å²) < 4.78 is 7.65. The summed E-state index contributed by atoms with van der Waals surface area (Å²) in [6, 6.07) is 0. The van der Waals surface area contributed by atoms with Crippen molar-refractivity contribution in [1.29, 1.82) is 0 Å². The number of ether oxygens (including phenoxy) is 1. The molecule has 2 aromatic rings. The second kappa shape index (κ2) is 9.24. The van der Waals surface area contributed by atoms with Crippen molar-refractivity contribution in [3.05, 3.63) is 20.8 Å². The summed E-state index contributed by atoms with van der Waals surface area (Å²) in [6.45, 7) is 7.62. The van der Waals surface area contributed by atoms with Crippen molar-refractivity contribution in [3.8, 4) is 0 Å². The topological polar surface area (TPSA) is 64.4 Å². The quantitative estimate of drug-likeness (QED) is 0.479. The molecule has 0 N–H and O–H groups in total. The van der Waals surface area contributed by atoms with Crippen molar-refractivity contribution in [2.75, 3.05) is 20.7 Å². The molecule has 1 amide bonds. The van der Waals surface area contributed by atoms with E-state index in [0.717, 1.165) is 48.9 Å². The molecule has 6 nitrogen and oxygen atoms in total. The van der Waals surface area contributed by atoms with E-state index < -0.39 is 0 Å². The minimum atomic E-state index is -0.287. The minimum Gasteiger partial charge on any atom is -0.376 e. The van der Waals surface area contributed by atoms with Crippen molar-refractivity contribution in [2.45, 2.75) is 75.9 Å². The lowest BCUT2D eigenvalue weighted by molar-refractivity contribution is -0.128. The molecule has 0 aromatic carbocycles. The number of hydrogen-bond donors (Lipinski definition) is 0. The van der Waals surface area contributed by atoms with Crippen LogP contribution in [-0.2, 0) is 28.9 Å². The molecule has 0 bridgehead atoms. The molecule has 31 heavy (non-hydrogen) atoms. The first kappa shape index (κ1) is 22.8. The predicted octanol–water partition coefficient (Wildman–Crippen LogP) is 3.97. The van der Waals surface area contributed by atoms with Crippen molar-refractivity contribution in [3.63, 3.8) is 0 Å². The van der Waals surface area contributed by atoms with Crippen LogP contribution >= 0.6 is 23.1 Å². The van der Waals surface area contributed by atoms with E-state index in [-0.39, 0.29) is 28.7 Å². The average molecular weight is 464 g/mol. The van der Waals surface area contributed by atoms with Crippen LogP contribution < -0.4 is 5.56 Å². The smallest absolute Gasteiger partial charge is 0.263 e. The zero-order valence-corrected chi connectivity index (χ0v) is 20.8. The molecule has 0 radical (unpaired) electrons. The molecule has 3 unspecified atom stereocenters. The molecule has 170 valence electrons. The summed E-state index contributed by atoms with van der Waals surface area (Å²) >= 11 is 3.10. The number of rotatable bonds is 6. The van der Waals surface area contributed by atoms with Gasteiger partial charge in [0.15, 0.2) is 5.16 Å². The number of thiophene rings is 1. The van der Waals surface area contributed by atoms with Crippen LogP contribution in [0.3, 0.4) is 0 Å². The minimum absolute atomic E-state index is 0.0350. The molecule has 3 atom stereocenters. The van der Waals surface area contributed by atoms with E-state index in [1.54, 1.807) is 34.9 Å². The van der Waals surface area contributed by atoms with Crippen LogP contribution in [0.15, 0.2) is 9.95 Å². The summed E-state index contributed by atoms with van der Waals surface area (Å²) in [5.41, 5.74) is 1.24. The van der Waals surface area contributed by atoms with E-state index in [4.69, 9.17) is 9.72 Å². The molecule has 1 saturated heterocycles. The normalized spacial score (nSPS) is 22.1. The van der Waals surface area contributed by atoms with Gasteiger partial charge in [-0.3, -0.25) is 14.2 Å². The Bertz CT molecular complexity index is 1020. The van der Waals surface area contributed by atoms with Gasteiger partial charge in [0, 0.05) is 25.6 Å². The molecule has 4 rings (SSSR count). The average Bonchev–Trinajstić information content (AvgIpc) is 3.34. The summed E-state index contributed by atoms with van der Waals surface area (Å²) in [4.78, 5) is 35.4. The number of carbonyl (C=O) groups is 1. The standard InChI is InChI=1S/C23H33N3O3S2/c1-13(2)19(22(28)25(4)5)31-23-24-20-18(16-9-8-14(3)11-17(16)30-20)21(27)26(23)12-15-7-6-10-29-15/h13-15,19H,6-12H2,1-5H3. The SMILES string of the molecule is CC1CCc2c(sc3nc(SC(C(=O)N(C)C)C(C)C)n(CC4CCCO4)c(=O)c23)C1. The molecule has 2 aliphatic rings. The second-order valence-electron chi connectivity index (χ2n) is 9.49. The van der Waals surface area contributed by atoms with Gasteiger partial charge in [-0.1, -0.05) is 32.5 Å². The first-order valence-electron chi connectivity index (χ1n) is 11.3. The highest BCUT2D eigenvalue weighted by Gasteiger charge is 2.30. The molecule has 3 heterocycles. The number of carbonyl (C=O) groups excluding carboxylic acids is 1. The molecule has 0 spiro atoms. The molecule has 1 aliphatic heterocycles. The molecule has 1 aliphatic carbocycles. The first-order chi connectivity index (χ1) is 14.8. The lowest BCUT2D eigenvalue weighted by Gasteiger charge is -2.24. The predicted molar refractivity (Wildman–Crippen MR) is 127 cm³/mol. The molecule has 2 aromatic heterocycles. The molecule has 0 saturated carbocycles. The Morgan fingerprint density at radius 1 is 1.35 bits per heavy atom. The second-order valence-corrected chi connectivity index (χ2v) is 11.7. The maximum atomic E-state index is 13.8. The van der Waals surface area contributed by atoms with E-state index in [9.17, 15) is 9.59 Å². The van der Waals surface area contributed by atoms with Gasteiger partial charge in [0.1, 0.15) is 4.83 Å². The van der Waals surface area contributed by atoms with Gasteiger partial charge in [-0.25, -0.2) is 4.98 Å². The van der Waals surface area contributed by atoms with E-state index in [1.807, 2.05) is 13.8 Å². The monoisotopic (exact) mass is 463 g/mol. The Morgan fingerprint density at radius 2 is 2.13 bits per heavy atom. The van der Waals surface area contributed by atoms with E-state index in [1.165, 1.54) is 22.2 Å². The van der Waals surface area contributed by atoms with Gasteiger partial charge in [0.05, 0.1) is 23.3 Å². The third-order valence-corrected chi connectivity index (χ3v) is 8.98. The van der Waals surface area contributed by atoms with E-state index in [0.29, 0.717) is 17.6 Å². The van der Waals surface area contributed by atoms with Crippen LogP contribution in [0.1, 0.15) is 50.5 Å². The maximum absolute atomic E-state index is 13.8. The lowest BCUT2D eigenvalue weighted by Crippen LogP contribution is -2.36. The third-order valence-electron chi connectivity index (χ3n) is 6.31. The largest absolute Gasteiger partial charge is 0.376 e. The Kier molecular flexibility index (Phi) is 6.79. The van der Waals surface area contributed by atoms with Gasteiger partial charge in [0.2, 0.25) is 5.91 Å². The number of fused-ring (bicyclic) bond motifs is 3. The van der Waals surface area contributed by atoms with Gasteiger partial charge in [-0.2, -0.15) is 0 Å². The Balaban J connectivity index is 1.82. The van der Waals surface area contributed by atoms with Crippen LogP contribution in [0.4, 0.5) is 0 Å². The van der Waals surface area contributed by atoms with Crippen molar-refractivity contribution < 1.29 is 9.53 Å². The van der Waals surface area contributed by atoms with Gasteiger partial charge >= 0.3 is 0 Å². The number of aryl methyl sites for hydroxylation is 1. The van der Waals surface area contributed by atoms with Gasteiger partial charge in [0.25, 0.3) is 5.56 Å². The van der Waals surface area contributed by atoms with Gasteiger partial charge in [-0.15, -0.1) is 11.3 Å². The fraction of sp³-hybridized carbons (Fsp3) is 0.696. The molecular weight excluding hydrogens is 430 g/mol. The zero-order chi connectivity index (χ0) is 22.3. The summed E-state index contributed by atoms with van der Waals surface area (Å²) in [7, 11) is 3.56. The van der Waals surface area contributed by atoms with Crippen molar-refractivity contribution in [2.24, 2.45) is 11.8 Å². The van der Waals surface area contributed by atoms with Crippen LogP contribution in [0.5, 0.6) is 0 Å². The highest BCUT2D eigenvalue weighted by atomic mass is 32.2. The zero-order valence-electron chi connectivity index (χ0n) is 19.1. The number of aromatic nitrogens is 2. The summed E-state index contributed by atoms with van der Waals surface area (Å²) in [5, 5.41) is 1.16. The highest BCUT2D eigenvalue weighted by Crippen LogP contribution is 2.37. The molecular formula is C23H33N3O3S2. The number of nitrogens with zero attached hydrogens (tertiary/aromatic N) is 3. The number of amides is 1. The van der Waals surface area contributed by atoms with Gasteiger partial charge < -0.3 is 9.64 Å². The Labute approximate surface area is 192 Å². The summed E-state index contributed by atoms with van der Waals surface area (Å²) in [6.07, 6.45) is 5.11. The molecule has 1 fully saturated rings. The molecule has 8 heteroatoms. The van der Waals surface area contributed by atoms with E-state index >= 15 is 0 Å². The fourth-order valence-corrected chi connectivity index (χ4v) is 7.16. The van der Waals surface area contributed by atoms with Crippen LogP contribution in [-0.4, -0.2) is 52.4 Å². The van der Waals surface area contributed by atoms with Crippen LogP contribution in [0.25, 0.3) is 10.2 Å². The first-order valence-corrected chi connectivity index (χ1v) is 13.0. The third kappa shape index (κ3) is 4.57. The highest BCUT2D eigenvalue weighted by molar-refractivity contribution is 8.00. The van der Waals surface area contributed by atoms with Gasteiger partial charge in [-0.05, 0) is 49.5 Å². The van der Waals surface area contributed by atoms with Crippen molar-refractivity contribution >= 4 is 39.2 Å². The van der Waals surface area contributed by atoms with Crippen molar-refractivity contribution in [1.82, 2.24) is 14.5 Å². The Hall–Kier alpha value is -1.38. The number of thioether (sulfide) groups is 1. The van der Waals surface area contributed by atoms with Crippen LogP contribution in [0.2, 0.25) is 0 Å². The van der Waals surface area contributed by atoms with Crippen LogP contribution in [0, 0.1) is 11.8 Å². The van der Waals surface area contributed by atoms with E-state index in [2.05, 4.69) is 6.92 Å². The fourth-order valence-electron chi connectivity index (χ4n) is 4.49. The summed E-state index contributed by atoms with van der Waals surface area (Å²) in [5.74, 6) is 0.824. The number of hydrogen-bond acceptors (Lipinski definition) is 6. The maximum Gasteiger partial charge on any atom is 0.263 e. The lowest BCUT2D eigenvalue weighted by atomic mass is 9.89.